The molecule has 142 valence electrons. The van der Waals surface area contributed by atoms with E-state index in [0.717, 1.165) is 19.3 Å². The van der Waals surface area contributed by atoms with E-state index in [0.29, 0.717) is 28.9 Å². The van der Waals surface area contributed by atoms with Gasteiger partial charge in [0.1, 0.15) is 5.82 Å². The molecule has 1 aliphatic rings. The number of benzene rings is 1. The molecular formula is C21H20FN5O. The average molecular weight is 377 g/mol. The quantitative estimate of drug-likeness (QED) is 0.753. The second-order valence-electron chi connectivity index (χ2n) is 6.78. The van der Waals surface area contributed by atoms with Crippen molar-refractivity contribution in [1.82, 2.24) is 19.9 Å². The molecule has 1 atom stereocenters. The third-order valence-corrected chi connectivity index (χ3v) is 4.98. The standard InChI is InChI=1S/C21H20FN5O/c22-16-5-3-4-15(12-16)17-13-25-21(23)26-19(17)18-6-1-2-11-27(18)20(28)14-7-9-24-10-8-14/h3-5,7-10,12-13,18H,1-2,6,11H2,(H2,23,25,26)/t18-/m1/s1. The van der Waals surface area contributed by atoms with Crippen LogP contribution in [0.1, 0.15) is 41.4 Å². The number of nitrogen functional groups attached to an aromatic ring is 1. The minimum atomic E-state index is -0.339. The molecule has 0 radical (unpaired) electrons. The molecule has 1 amide bonds. The van der Waals surface area contributed by atoms with Crippen molar-refractivity contribution in [2.75, 3.05) is 12.3 Å². The fraction of sp³-hybridized carbons (Fsp3) is 0.238. The summed E-state index contributed by atoms with van der Waals surface area (Å²) >= 11 is 0. The lowest BCUT2D eigenvalue weighted by atomic mass is 9.93. The maximum atomic E-state index is 13.8. The van der Waals surface area contributed by atoms with E-state index >= 15 is 0 Å². The van der Waals surface area contributed by atoms with Crippen molar-refractivity contribution in [1.29, 1.82) is 0 Å². The predicted octanol–water partition coefficient (Wildman–Crippen LogP) is 3.63. The summed E-state index contributed by atoms with van der Waals surface area (Å²) in [6, 6.07) is 9.44. The zero-order chi connectivity index (χ0) is 19.5. The molecule has 1 aromatic carbocycles. The maximum Gasteiger partial charge on any atom is 0.254 e. The minimum absolute atomic E-state index is 0.0746. The van der Waals surface area contributed by atoms with Gasteiger partial charge in [-0.05, 0) is 49.1 Å². The third kappa shape index (κ3) is 3.55. The van der Waals surface area contributed by atoms with Gasteiger partial charge in [0.2, 0.25) is 5.95 Å². The van der Waals surface area contributed by atoms with E-state index in [1.807, 2.05) is 4.90 Å². The molecule has 3 aromatic rings. The number of likely N-dealkylation sites (tertiary alicyclic amines) is 1. The summed E-state index contributed by atoms with van der Waals surface area (Å²) in [7, 11) is 0. The first-order chi connectivity index (χ1) is 13.6. The van der Waals surface area contributed by atoms with Crippen LogP contribution in [0.3, 0.4) is 0 Å². The number of amides is 1. The largest absolute Gasteiger partial charge is 0.368 e. The first-order valence-corrected chi connectivity index (χ1v) is 9.23. The van der Waals surface area contributed by atoms with Crippen LogP contribution in [0, 0.1) is 5.82 Å². The number of rotatable bonds is 3. The monoisotopic (exact) mass is 377 g/mol. The Morgan fingerprint density at radius 1 is 1.18 bits per heavy atom. The fourth-order valence-corrected chi connectivity index (χ4v) is 3.66. The zero-order valence-electron chi connectivity index (χ0n) is 15.3. The summed E-state index contributed by atoms with van der Waals surface area (Å²) in [6.07, 6.45) is 7.46. The van der Waals surface area contributed by atoms with E-state index in [9.17, 15) is 9.18 Å². The highest BCUT2D eigenvalue weighted by atomic mass is 19.1. The number of anilines is 1. The van der Waals surface area contributed by atoms with Crippen LogP contribution in [0.15, 0.2) is 55.0 Å². The summed E-state index contributed by atoms with van der Waals surface area (Å²) in [6.45, 7) is 0.623. The average Bonchev–Trinajstić information content (AvgIpc) is 2.74. The molecular weight excluding hydrogens is 357 g/mol. The van der Waals surface area contributed by atoms with Gasteiger partial charge in [0.25, 0.3) is 5.91 Å². The SMILES string of the molecule is Nc1ncc(-c2cccc(F)c2)c([C@H]2CCCCN2C(=O)c2ccncc2)n1. The number of carbonyl (C=O) groups excluding carboxylic acids is 1. The van der Waals surface area contributed by atoms with E-state index in [-0.39, 0.29) is 23.7 Å². The minimum Gasteiger partial charge on any atom is -0.368 e. The van der Waals surface area contributed by atoms with Crippen LogP contribution in [0.25, 0.3) is 11.1 Å². The van der Waals surface area contributed by atoms with Gasteiger partial charge < -0.3 is 10.6 Å². The van der Waals surface area contributed by atoms with Crippen LogP contribution >= 0.6 is 0 Å². The maximum absolute atomic E-state index is 13.8. The Morgan fingerprint density at radius 3 is 2.79 bits per heavy atom. The number of hydrogen-bond acceptors (Lipinski definition) is 5. The molecule has 0 spiro atoms. The lowest BCUT2D eigenvalue weighted by Gasteiger charge is -2.36. The predicted molar refractivity (Wildman–Crippen MR) is 104 cm³/mol. The van der Waals surface area contributed by atoms with Crippen LogP contribution in [0.2, 0.25) is 0 Å². The van der Waals surface area contributed by atoms with Crippen LogP contribution in [-0.2, 0) is 0 Å². The normalized spacial score (nSPS) is 16.8. The highest BCUT2D eigenvalue weighted by Crippen LogP contribution is 2.36. The molecule has 0 aliphatic carbocycles. The van der Waals surface area contributed by atoms with Gasteiger partial charge in [0, 0.05) is 36.3 Å². The van der Waals surface area contributed by atoms with Gasteiger partial charge >= 0.3 is 0 Å². The van der Waals surface area contributed by atoms with Crippen molar-refractivity contribution in [3.63, 3.8) is 0 Å². The first-order valence-electron chi connectivity index (χ1n) is 9.23. The Kier molecular flexibility index (Phi) is 4.97. The van der Waals surface area contributed by atoms with E-state index in [4.69, 9.17) is 5.73 Å². The van der Waals surface area contributed by atoms with Gasteiger partial charge in [0.15, 0.2) is 0 Å². The molecule has 7 heteroatoms. The Morgan fingerprint density at radius 2 is 2.00 bits per heavy atom. The van der Waals surface area contributed by atoms with Gasteiger partial charge in [-0.25, -0.2) is 14.4 Å². The molecule has 0 bridgehead atoms. The molecule has 1 fully saturated rings. The number of aromatic nitrogens is 3. The third-order valence-electron chi connectivity index (χ3n) is 4.98. The Bertz CT molecular complexity index is 995. The Labute approximate surface area is 162 Å². The molecule has 4 rings (SSSR count). The number of carbonyl (C=O) groups is 1. The second kappa shape index (κ2) is 7.72. The van der Waals surface area contributed by atoms with Crippen LogP contribution < -0.4 is 5.73 Å². The molecule has 3 heterocycles. The number of halogens is 1. The first kappa shape index (κ1) is 18.0. The fourth-order valence-electron chi connectivity index (χ4n) is 3.66. The summed E-state index contributed by atoms with van der Waals surface area (Å²) in [5, 5.41) is 0. The van der Waals surface area contributed by atoms with Crippen molar-refractivity contribution in [3.8, 4) is 11.1 Å². The number of hydrogen-bond donors (Lipinski definition) is 1. The molecule has 0 saturated carbocycles. The Balaban J connectivity index is 1.78. The van der Waals surface area contributed by atoms with E-state index in [2.05, 4.69) is 15.0 Å². The number of pyridine rings is 1. The van der Waals surface area contributed by atoms with E-state index in [1.165, 1.54) is 12.1 Å². The van der Waals surface area contributed by atoms with E-state index < -0.39 is 0 Å². The van der Waals surface area contributed by atoms with E-state index in [1.54, 1.807) is 42.9 Å². The van der Waals surface area contributed by atoms with Crippen molar-refractivity contribution >= 4 is 11.9 Å². The topological polar surface area (TPSA) is 85.0 Å². The number of piperidine rings is 1. The highest BCUT2D eigenvalue weighted by molar-refractivity contribution is 5.94. The van der Waals surface area contributed by atoms with Crippen molar-refractivity contribution in [2.45, 2.75) is 25.3 Å². The second-order valence-corrected chi connectivity index (χ2v) is 6.78. The van der Waals surface area contributed by atoms with Crippen LogP contribution in [0.5, 0.6) is 0 Å². The summed E-state index contributed by atoms with van der Waals surface area (Å²) in [5.74, 6) is -0.278. The van der Waals surface area contributed by atoms with Gasteiger partial charge in [-0.2, -0.15) is 0 Å². The van der Waals surface area contributed by atoms with Crippen LogP contribution in [0.4, 0.5) is 10.3 Å². The summed E-state index contributed by atoms with van der Waals surface area (Å²) in [4.78, 5) is 27.5. The molecule has 28 heavy (non-hydrogen) atoms. The van der Waals surface area contributed by atoms with Crippen molar-refractivity contribution in [3.05, 3.63) is 72.1 Å². The van der Waals surface area contributed by atoms with Gasteiger partial charge in [-0.15, -0.1) is 0 Å². The molecule has 1 saturated heterocycles. The van der Waals surface area contributed by atoms with Gasteiger partial charge in [-0.1, -0.05) is 12.1 Å². The highest BCUT2D eigenvalue weighted by Gasteiger charge is 2.32. The zero-order valence-corrected chi connectivity index (χ0v) is 15.3. The van der Waals surface area contributed by atoms with Crippen molar-refractivity contribution in [2.24, 2.45) is 0 Å². The molecule has 6 nitrogen and oxygen atoms in total. The molecule has 1 aliphatic heterocycles. The smallest absolute Gasteiger partial charge is 0.254 e. The van der Waals surface area contributed by atoms with Crippen LogP contribution in [-0.4, -0.2) is 32.3 Å². The lowest BCUT2D eigenvalue weighted by Crippen LogP contribution is -2.39. The summed E-state index contributed by atoms with van der Waals surface area (Å²) in [5.41, 5.74) is 8.45. The van der Waals surface area contributed by atoms with Crippen molar-refractivity contribution < 1.29 is 9.18 Å². The molecule has 2 N–H and O–H groups in total. The summed E-state index contributed by atoms with van der Waals surface area (Å²) < 4.78 is 13.8. The van der Waals surface area contributed by atoms with Gasteiger partial charge in [0.05, 0.1) is 11.7 Å². The van der Waals surface area contributed by atoms with Gasteiger partial charge in [-0.3, -0.25) is 9.78 Å². The molecule has 0 unspecified atom stereocenters. The molecule has 2 aromatic heterocycles. The lowest BCUT2D eigenvalue weighted by molar-refractivity contribution is 0.0606. The number of nitrogens with zero attached hydrogens (tertiary/aromatic N) is 4. The Hall–Kier alpha value is -3.35. The number of nitrogens with two attached hydrogens (primary N) is 1.